The van der Waals surface area contributed by atoms with Gasteiger partial charge < -0.3 is 18.6 Å². The lowest BCUT2D eigenvalue weighted by molar-refractivity contribution is 0.331. The van der Waals surface area contributed by atoms with E-state index in [2.05, 4.69) is 12.1 Å². The molecule has 1 aromatic rings. The summed E-state index contributed by atoms with van der Waals surface area (Å²) in [5.41, 5.74) is 1.35. The van der Waals surface area contributed by atoms with Crippen LogP contribution in [-0.4, -0.2) is 40.7 Å². The number of hydrogen-bond acceptors (Lipinski definition) is 4. The smallest absolute Gasteiger partial charge is 0.409 e. The first-order chi connectivity index (χ1) is 8.93. The Labute approximate surface area is 108 Å². The monoisotopic (exact) mass is 246 g/mol. The summed E-state index contributed by atoms with van der Waals surface area (Å²) in [6.45, 7) is 2.62. The Balaban J connectivity index is 1.72. The molecule has 3 rings (SSSR count). The zero-order chi connectivity index (χ0) is 12.2. The fraction of sp³-hybridized carbons (Fsp3) is 0.500. The van der Waals surface area contributed by atoms with Crippen molar-refractivity contribution in [1.82, 2.24) is 0 Å². The molecule has 2 heterocycles. The van der Waals surface area contributed by atoms with Gasteiger partial charge in [0.1, 0.15) is 0 Å². The molecule has 18 heavy (non-hydrogen) atoms. The van der Waals surface area contributed by atoms with Crippen LogP contribution in [0, 0.1) is 0 Å². The van der Waals surface area contributed by atoms with Crippen molar-refractivity contribution < 1.29 is 18.6 Å². The van der Waals surface area contributed by atoms with Crippen molar-refractivity contribution in [3.8, 4) is 0 Å². The lowest BCUT2D eigenvalue weighted by atomic mass is 9.50. The van der Waals surface area contributed by atoms with Crippen LogP contribution in [0.15, 0.2) is 30.3 Å². The lowest BCUT2D eigenvalue weighted by Gasteiger charge is -2.20. The van der Waals surface area contributed by atoms with Gasteiger partial charge in [-0.25, -0.2) is 0 Å². The van der Waals surface area contributed by atoms with Crippen molar-refractivity contribution in [2.24, 2.45) is 0 Å². The van der Waals surface area contributed by atoms with Gasteiger partial charge in [0.25, 0.3) is 0 Å². The van der Waals surface area contributed by atoms with E-state index in [0.717, 1.165) is 6.42 Å². The molecule has 0 aromatic heterocycles. The van der Waals surface area contributed by atoms with Gasteiger partial charge in [-0.1, -0.05) is 30.3 Å². The Morgan fingerprint density at radius 2 is 1.33 bits per heavy atom. The van der Waals surface area contributed by atoms with Gasteiger partial charge in [0.15, 0.2) is 0 Å². The Bertz CT molecular complexity index is 348. The summed E-state index contributed by atoms with van der Waals surface area (Å²) in [6, 6.07) is 10.3. The highest BCUT2D eigenvalue weighted by Crippen LogP contribution is 2.27. The second kappa shape index (κ2) is 5.89. The van der Waals surface area contributed by atoms with Crippen LogP contribution in [0.2, 0.25) is 5.72 Å². The van der Waals surface area contributed by atoms with Gasteiger partial charge in [0, 0.05) is 5.72 Å². The number of benzene rings is 1. The van der Waals surface area contributed by atoms with Crippen molar-refractivity contribution in [3.05, 3.63) is 35.9 Å². The average molecular weight is 246 g/mol. The van der Waals surface area contributed by atoms with Gasteiger partial charge in [-0.2, -0.15) is 0 Å². The minimum atomic E-state index is -0.215. The summed E-state index contributed by atoms with van der Waals surface area (Å²) in [7, 11) is -0.429. The summed E-state index contributed by atoms with van der Waals surface area (Å²) < 4.78 is 22.5. The summed E-state index contributed by atoms with van der Waals surface area (Å²) in [4.78, 5) is 0. The van der Waals surface area contributed by atoms with Crippen molar-refractivity contribution >= 4 is 14.2 Å². The zero-order valence-electron chi connectivity index (χ0n) is 10.3. The molecule has 2 fully saturated rings. The molecule has 0 aliphatic carbocycles. The molecule has 1 aromatic carbocycles. The minimum absolute atomic E-state index is 0.0948. The van der Waals surface area contributed by atoms with Crippen molar-refractivity contribution in [2.45, 2.75) is 12.1 Å². The number of rotatable bonds is 4. The molecular formula is C12H16B2O4. The van der Waals surface area contributed by atoms with Gasteiger partial charge in [-0.05, 0) is 12.0 Å². The van der Waals surface area contributed by atoms with Gasteiger partial charge in [0.05, 0.1) is 26.4 Å². The van der Waals surface area contributed by atoms with E-state index in [0.29, 0.717) is 26.4 Å². The van der Waals surface area contributed by atoms with Crippen LogP contribution in [0.3, 0.4) is 0 Å². The van der Waals surface area contributed by atoms with E-state index in [1.165, 1.54) is 5.56 Å². The second-order valence-electron chi connectivity index (χ2n) is 4.57. The molecule has 0 bridgehead atoms. The Morgan fingerprint density at radius 3 is 1.83 bits per heavy atom. The van der Waals surface area contributed by atoms with Gasteiger partial charge >= 0.3 is 14.2 Å². The summed E-state index contributed by atoms with van der Waals surface area (Å²) in [5, 5.41) is 0. The molecule has 2 aliphatic heterocycles. The third kappa shape index (κ3) is 2.78. The van der Waals surface area contributed by atoms with Crippen LogP contribution in [-0.2, 0) is 25.0 Å². The summed E-state index contributed by atoms with van der Waals surface area (Å²) >= 11 is 0. The van der Waals surface area contributed by atoms with E-state index in [9.17, 15) is 0 Å². The minimum Gasteiger partial charge on any atom is -0.409 e. The first-order valence-electron chi connectivity index (χ1n) is 6.44. The third-order valence-electron chi connectivity index (χ3n) is 3.31. The quantitative estimate of drug-likeness (QED) is 0.748. The van der Waals surface area contributed by atoms with Crippen molar-refractivity contribution in [2.75, 3.05) is 26.4 Å². The highest BCUT2D eigenvalue weighted by atomic mass is 16.7. The van der Waals surface area contributed by atoms with Crippen LogP contribution in [0.5, 0.6) is 0 Å². The Hall–Kier alpha value is -0.810. The zero-order valence-corrected chi connectivity index (χ0v) is 10.3. The van der Waals surface area contributed by atoms with E-state index < -0.39 is 0 Å². The maximum atomic E-state index is 5.62. The van der Waals surface area contributed by atoms with Crippen molar-refractivity contribution in [3.63, 3.8) is 0 Å². The predicted octanol–water partition coefficient (Wildman–Crippen LogP) is 1.21. The Morgan fingerprint density at radius 1 is 0.833 bits per heavy atom. The normalized spacial score (nSPS) is 20.1. The molecular weight excluding hydrogens is 230 g/mol. The molecule has 2 aliphatic rings. The first-order valence-corrected chi connectivity index (χ1v) is 6.44. The second-order valence-corrected chi connectivity index (χ2v) is 4.57. The molecule has 94 valence electrons. The molecule has 0 unspecified atom stereocenters. The van der Waals surface area contributed by atoms with Crippen LogP contribution >= 0.6 is 0 Å². The maximum absolute atomic E-state index is 5.62. The highest BCUT2D eigenvalue weighted by Gasteiger charge is 2.45. The molecule has 0 saturated carbocycles. The average Bonchev–Trinajstić information content (AvgIpc) is 3.11. The van der Waals surface area contributed by atoms with E-state index in [-0.39, 0.29) is 20.0 Å². The van der Waals surface area contributed by atoms with Crippen LogP contribution in [0.1, 0.15) is 5.56 Å². The molecule has 0 amide bonds. The predicted molar refractivity (Wildman–Crippen MR) is 69.2 cm³/mol. The number of hydrogen-bond donors (Lipinski definition) is 0. The van der Waals surface area contributed by atoms with Gasteiger partial charge in [0.2, 0.25) is 0 Å². The van der Waals surface area contributed by atoms with E-state index >= 15 is 0 Å². The Kier molecular flexibility index (Phi) is 4.00. The fourth-order valence-corrected chi connectivity index (χ4v) is 2.45. The van der Waals surface area contributed by atoms with Crippen LogP contribution in [0.25, 0.3) is 0 Å². The molecule has 6 heteroatoms. The third-order valence-corrected chi connectivity index (χ3v) is 3.31. The van der Waals surface area contributed by atoms with Crippen LogP contribution in [0.4, 0.5) is 0 Å². The van der Waals surface area contributed by atoms with E-state index in [1.807, 2.05) is 18.2 Å². The largest absolute Gasteiger partial charge is 0.458 e. The standard InChI is InChI=1S/C12H16B2O4/c1-2-4-11(5-3-1)10-12(13-15-6-7-16-13)14-17-8-9-18-14/h1-5,12H,6-10H2. The molecule has 0 N–H and O–H groups in total. The maximum Gasteiger partial charge on any atom is 0.458 e. The highest BCUT2D eigenvalue weighted by molar-refractivity contribution is 6.68. The molecule has 0 atom stereocenters. The summed E-state index contributed by atoms with van der Waals surface area (Å²) in [5.74, 6) is 0. The van der Waals surface area contributed by atoms with Gasteiger partial charge in [-0.15, -0.1) is 0 Å². The molecule has 2 saturated heterocycles. The molecule has 0 radical (unpaired) electrons. The SMILES string of the molecule is c1ccc(CC(B2OCCO2)B2OCCO2)cc1. The molecule has 0 spiro atoms. The van der Waals surface area contributed by atoms with Gasteiger partial charge in [-0.3, -0.25) is 0 Å². The molecule has 4 nitrogen and oxygen atoms in total. The van der Waals surface area contributed by atoms with Crippen LogP contribution < -0.4 is 0 Å². The lowest BCUT2D eigenvalue weighted by Crippen LogP contribution is -2.37. The van der Waals surface area contributed by atoms with E-state index in [4.69, 9.17) is 18.6 Å². The topological polar surface area (TPSA) is 36.9 Å². The summed E-state index contributed by atoms with van der Waals surface area (Å²) in [6.07, 6.45) is 0.843. The van der Waals surface area contributed by atoms with E-state index in [1.54, 1.807) is 0 Å². The fourth-order valence-electron chi connectivity index (χ4n) is 2.45. The first kappa shape index (κ1) is 12.2. The van der Waals surface area contributed by atoms with Crippen molar-refractivity contribution in [1.29, 1.82) is 0 Å².